The van der Waals surface area contributed by atoms with Crippen LogP contribution in [0.5, 0.6) is 5.75 Å². The number of thiazole rings is 1. The highest BCUT2D eigenvalue weighted by Crippen LogP contribution is 2.35. The van der Waals surface area contributed by atoms with E-state index in [1.165, 1.54) is 23.6 Å². The summed E-state index contributed by atoms with van der Waals surface area (Å²) in [4.78, 5) is 4.34. The van der Waals surface area contributed by atoms with Gasteiger partial charge in [-0.2, -0.15) is 0 Å². The maximum Gasteiger partial charge on any atom is 0.267 e. The zero-order valence-corrected chi connectivity index (χ0v) is 12.7. The Hall–Kier alpha value is -1.02. The minimum absolute atomic E-state index is 0.110. The van der Waals surface area contributed by atoms with Gasteiger partial charge in [-0.05, 0) is 19.1 Å². The molecule has 1 aromatic heterocycles. The molecule has 0 radical (unpaired) electrons. The lowest BCUT2D eigenvalue weighted by Crippen LogP contribution is -2.13. The van der Waals surface area contributed by atoms with Crippen LogP contribution in [0.25, 0.3) is 0 Å². The van der Waals surface area contributed by atoms with E-state index in [4.69, 9.17) is 23.2 Å². The Morgan fingerprint density at radius 3 is 2.63 bits per heavy atom. The third kappa shape index (κ3) is 3.11. The number of hydrogen-bond acceptors (Lipinski definition) is 5. The Bertz CT molecular complexity index is 728. The van der Waals surface area contributed by atoms with Crippen LogP contribution in [-0.2, 0) is 10.0 Å². The van der Waals surface area contributed by atoms with Gasteiger partial charge in [-0.15, -0.1) is 11.3 Å². The Balaban J connectivity index is 2.45. The summed E-state index contributed by atoms with van der Waals surface area (Å²) in [6.45, 7) is 1.79. The molecule has 0 saturated carbocycles. The van der Waals surface area contributed by atoms with Crippen molar-refractivity contribution in [2.24, 2.45) is 0 Å². The van der Waals surface area contributed by atoms with E-state index in [1.807, 2.05) is 0 Å². The van der Waals surface area contributed by atoms with E-state index < -0.39 is 20.7 Å². The standard InChI is InChI=1S/C10H8Cl2N2O3S2/c1-5-4-13-10(18-5)14-19(16,17)8-3-6(11)2-7(12)9(8)15/h2-4,15H,1H3,(H,13,14). The molecule has 102 valence electrons. The Labute approximate surface area is 123 Å². The predicted molar refractivity (Wildman–Crippen MR) is 75.8 cm³/mol. The quantitative estimate of drug-likeness (QED) is 0.900. The number of nitrogens with one attached hydrogen (secondary N) is 1. The van der Waals surface area contributed by atoms with Crippen LogP contribution in [0, 0.1) is 6.92 Å². The van der Waals surface area contributed by atoms with Crippen molar-refractivity contribution in [1.82, 2.24) is 4.98 Å². The van der Waals surface area contributed by atoms with Crippen LogP contribution in [0.2, 0.25) is 10.0 Å². The molecule has 9 heteroatoms. The molecule has 2 N–H and O–H groups in total. The lowest BCUT2D eigenvalue weighted by molar-refractivity contribution is 0.459. The molecule has 0 spiro atoms. The number of aromatic nitrogens is 1. The van der Waals surface area contributed by atoms with E-state index in [0.29, 0.717) is 0 Å². The monoisotopic (exact) mass is 338 g/mol. The van der Waals surface area contributed by atoms with Crippen molar-refractivity contribution in [3.8, 4) is 5.75 Å². The molecular weight excluding hydrogens is 331 g/mol. The fourth-order valence-corrected chi connectivity index (χ4v) is 3.98. The van der Waals surface area contributed by atoms with Crippen molar-refractivity contribution in [1.29, 1.82) is 0 Å². The van der Waals surface area contributed by atoms with Crippen LogP contribution < -0.4 is 4.72 Å². The van der Waals surface area contributed by atoms with Gasteiger partial charge >= 0.3 is 0 Å². The summed E-state index contributed by atoms with van der Waals surface area (Å²) in [6, 6.07) is 2.37. The molecule has 0 aliphatic rings. The second-order valence-corrected chi connectivity index (χ2v) is 7.35. The molecule has 0 bridgehead atoms. The van der Waals surface area contributed by atoms with E-state index in [0.717, 1.165) is 10.9 Å². The second-order valence-electron chi connectivity index (χ2n) is 3.62. The minimum Gasteiger partial charge on any atom is -0.505 e. The highest BCUT2D eigenvalue weighted by atomic mass is 35.5. The summed E-state index contributed by atoms with van der Waals surface area (Å²) in [7, 11) is -4.00. The minimum atomic E-state index is -4.00. The Morgan fingerprint density at radius 1 is 1.37 bits per heavy atom. The molecule has 0 aliphatic carbocycles. The summed E-state index contributed by atoms with van der Waals surface area (Å²) >= 11 is 12.6. The van der Waals surface area contributed by atoms with Gasteiger partial charge in [0.15, 0.2) is 10.9 Å². The molecule has 0 amide bonds. The number of benzene rings is 1. The molecule has 0 saturated heterocycles. The van der Waals surface area contributed by atoms with Gasteiger partial charge in [0.2, 0.25) is 0 Å². The van der Waals surface area contributed by atoms with Crippen molar-refractivity contribution < 1.29 is 13.5 Å². The summed E-state index contributed by atoms with van der Waals surface area (Å²) in [5.74, 6) is -0.549. The lowest BCUT2D eigenvalue weighted by atomic mass is 10.3. The summed E-state index contributed by atoms with van der Waals surface area (Å²) < 4.78 is 26.5. The second kappa shape index (κ2) is 5.16. The van der Waals surface area contributed by atoms with Crippen LogP contribution in [0.3, 0.4) is 0 Å². The molecule has 0 unspecified atom stereocenters. The van der Waals surface area contributed by atoms with Crippen LogP contribution >= 0.6 is 34.5 Å². The number of aromatic hydroxyl groups is 1. The van der Waals surface area contributed by atoms with Crippen LogP contribution in [0.4, 0.5) is 5.13 Å². The highest BCUT2D eigenvalue weighted by Gasteiger charge is 2.22. The first kappa shape index (κ1) is 14.4. The molecule has 19 heavy (non-hydrogen) atoms. The van der Waals surface area contributed by atoms with Gasteiger partial charge in [0.05, 0.1) is 5.02 Å². The highest BCUT2D eigenvalue weighted by molar-refractivity contribution is 7.93. The zero-order chi connectivity index (χ0) is 14.2. The molecular formula is C10H8Cl2N2O3S2. The molecule has 0 aliphatic heterocycles. The number of phenols is 1. The van der Waals surface area contributed by atoms with Gasteiger partial charge in [-0.1, -0.05) is 23.2 Å². The number of rotatable bonds is 3. The van der Waals surface area contributed by atoms with E-state index in [2.05, 4.69) is 9.71 Å². The van der Waals surface area contributed by atoms with Crippen molar-refractivity contribution >= 4 is 49.7 Å². The largest absolute Gasteiger partial charge is 0.505 e. The topological polar surface area (TPSA) is 79.3 Å². The summed E-state index contributed by atoms with van der Waals surface area (Å²) in [6.07, 6.45) is 1.54. The van der Waals surface area contributed by atoms with E-state index in [9.17, 15) is 13.5 Å². The molecule has 0 atom stereocenters. The van der Waals surface area contributed by atoms with Crippen LogP contribution in [0.15, 0.2) is 23.2 Å². The molecule has 2 aromatic rings. The average molecular weight is 339 g/mol. The Morgan fingerprint density at radius 2 is 2.05 bits per heavy atom. The summed E-state index contributed by atoms with van der Waals surface area (Å²) in [5, 5.41) is 9.89. The number of nitrogens with zero attached hydrogens (tertiary/aromatic N) is 1. The van der Waals surface area contributed by atoms with Crippen LogP contribution in [0.1, 0.15) is 4.88 Å². The summed E-state index contributed by atoms with van der Waals surface area (Å²) in [5.41, 5.74) is 0. The number of sulfonamides is 1. The maximum atomic E-state index is 12.1. The first-order chi connectivity index (χ1) is 8.79. The SMILES string of the molecule is Cc1cnc(NS(=O)(=O)c2cc(Cl)cc(Cl)c2O)s1. The van der Waals surface area contributed by atoms with Gasteiger partial charge in [-0.3, -0.25) is 4.72 Å². The normalized spacial score (nSPS) is 11.5. The molecule has 0 fully saturated rings. The number of phenolic OH excluding ortho intramolecular Hbond substituents is 1. The van der Waals surface area contributed by atoms with Crippen molar-refractivity contribution in [2.45, 2.75) is 11.8 Å². The van der Waals surface area contributed by atoms with Crippen molar-refractivity contribution in [3.05, 3.63) is 33.3 Å². The van der Waals surface area contributed by atoms with E-state index in [1.54, 1.807) is 6.92 Å². The Kier molecular flexibility index (Phi) is 3.91. The van der Waals surface area contributed by atoms with Crippen LogP contribution in [-0.4, -0.2) is 18.5 Å². The third-order valence-electron chi connectivity index (χ3n) is 2.13. The first-order valence-electron chi connectivity index (χ1n) is 4.93. The maximum absolute atomic E-state index is 12.1. The molecule has 2 rings (SSSR count). The third-order valence-corrected chi connectivity index (χ3v) is 4.94. The van der Waals surface area contributed by atoms with Gasteiger partial charge in [0.1, 0.15) is 4.90 Å². The lowest BCUT2D eigenvalue weighted by Gasteiger charge is -2.08. The fourth-order valence-electron chi connectivity index (χ4n) is 1.32. The van der Waals surface area contributed by atoms with E-state index >= 15 is 0 Å². The number of aryl methyl sites for hydroxylation is 1. The van der Waals surface area contributed by atoms with Gasteiger partial charge in [0, 0.05) is 16.1 Å². The number of anilines is 1. The zero-order valence-electron chi connectivity index (χ0n) is 9.52. The predicted octanol–water partition coefficient (Wildman–Crippen LogP) is 3.26. The van der Waals surface area contributed by atoms with Crippen molar-refractivity contribution in [3.63, 3.8) is 0 Å². The van der Waals surface area contributed by atoms with Gasteiger partial charge in [-0.25, -0.2) is 13.4 Å². The average Bonchev–Trinajstić information content (AvgIpc) is 2.68. The molecule has 5 nitrogen and oxygen atoms in total. The smallest absolute Gasteiger partial charge is 0.267 e. The molecule has 1 aromatic carbocycles. The van der Waals surface area contributed by atoms with Crippen molar-refractivity contribution in [2.75, 3.05) is 4.72 Å². The molecule has 1 heterocycles. The van der Waals surface area contributed by atoms with Gasteiger partial charge in [0.25, 0.3) is 10.0 Å². The number of hydrogen-bond donors (Lipinski definition) is 2. The fraction of sp³-hybridized carbons (Fsp3) is 0.100. The van der Waals surface area contributed by atoms with Gasteiger partial charge < -0.3 is 5.11 Å². The van der Waals surface area contributed by atoms with E-state index in [-0.39, 0.29) is 15.2 Å². The number of halogens is 2. The first-order valence-corrected chi connectivity index (χ1v) is 7.98.